The van der Waals surface area contributed by atoms with Crippen LogP contribution in [0.5, 0.6) is 11.5 Å². The Morgan fingerprint density at radius 3 is 2.47 bits per heavy atom. The molecule has 0 unspecified atom stereocenters. The molecule has 1 N–H and O–H groups in total. The highest BCUT2D eigenvalue weighted by Crippen LogP contribution is 2.38. The topological polar surface area (TPSA) is 37.5 Å². The van der Waals surface area contributed by atoms with Crippen LogP contribution in [0.2, 0.25) is 0 Å². The Balaban J connectivity index is 1.67. The van der Waals surface area contributed by atoms with Crippen molar-refractivity contribution in [3.05, 3.63) is 53.9 Å². The van der Waals surface area contributed by atoms with Gasteiger partial charge in [0.05, 0.1) is 14.2 Å². The summed E-state index contributed by atoms with van der Waals surface area (Å²) in [4.78, 5) is 6.22. The van der Waals surface area contributed by atoms with Crippen molar-refractivity contribution < 1.29 is 9.47 Å². The summed E-state index contributed by atoms with van der Waals surface area (Å²) in [6.45, 7) is 7.88. The van der Waals surface area contributed by atoms with Gasteiger partial charge in [-0.15, -0.1) is 0 Å². The van der Waals surface area contributed by atoms with Gasteiger partial charge in [0.25, 0.3) is 0 Å². The Morgan fingerprint density at radius 2 is 1.80 bits per heavy atom. The molecule has 0 amide bonds. The van der Waals surface area contributed by atoms with E-state index < -0.39 is 0 Å². The fourth-order valence-corrected chi connectivity index (χ4v) is 4.83. The molecule has 0 spiro atoms. The molecule has 4 nitrogen and oxygen atoms in total. The maximum absolute atomic E-state index is 5.53. The number of ether oxygens (including phenoxy) is 2. The summed E-state index contributed by atoms with van der Waals surface area (Å²) < 4.78 is 10.9. The third-order valence-corrected chi connectivity index (χ3v) is 6.46. The normalized spacial score (nSPS) is 15.6. The summed E-state index contributed by atoms with van der Waals surface area (Å²) in [6.07, 6.45) is 5.73. The Kier molecular flexibility index (Phi) is 6.33. The van der Waals surface area contributed by atoms with Crippen molar-refractivity contribution in [1.29, 1.82) is 0 Å². The molecule has 1 aliphatic heterocycles. The summed E-state index contributed by atoms with van der Waals surface area (Å²) in [5.74, 6) is 2.17. The molecule has 0 bridgehead atoms. The van der Waals surface area contributed by atoms with Crippen LogP contribution < -0.4 is 9.47 Å². The van der Waals surface area contributed by atoms with Crippen LogP contribution in [0.4, 0.5) is 0 Å². The fraction of sp³-hybridized carbons (Fsp3) is 0.423. The van der Waals surface area contributed by atoms with E-state index >= 15 is 0 Å². The maximum Gasteiger partial charge on any atom is 0.161 e. The predicted molar refractivity (Wildman–Crippen MR) is 125 cm³/mol. The van der Waals surface area contributed by atoms with Gasteiger partial charge < -0.3 is 19.4 Å². The van der Waals surface area contributed by atoms with Gasteiger partial charge in [-0.2, -0.15) is 0 Å². The standard InChI is InChI=1S/C26H33N2O2/c1-5-13-28-14-11-18(12-15-28)19-7-9-23-22(16-19)21(6-2)26(27-23)20-8-10-24(29-3)25(17-20)30-4/h5,7-10,16-18,27H,6,11-15H2,1-4H3. The van der Waals surface area contributed by atoms with E-state index in [1.807, 2.05) is 6.07 Å². The average molecular weight is 406 g/mol. The highest BCUT2D eigenvalue weighted by atomic mass is 16.5. The first kappa shape index (κ1) is 20.8. The maximum atomic E-state index is 5.53. The molecule has 4 rings (SSSR count). The molecular formula is C26H33N2O2. The van der Waals surface area contributed by atoms with Crippen LogP contribution in [-0.4, -0.2) is 43.7 Å². The molecule has 1 saturated heterocycles. The Bertz CT molecular complexity index is 1000. The molecule has 0 saturated carbocycles. The zero-order valence-electron chi connectivity index (χ0n) is 18.6. The zero-order valence-corrected chi connectivity index (χ0v) is 18.6. The highest BCUT2D eigenvalue weighted by molar-refractivity contribution is 5.91. The fourth-order valence-electron chi connectivity index (χ4n) is 4.83. The monoisotopic (exact) mass is 405 g/mol. The second kappa shape index (κ2) is 9.13. The van der Waals surface area contributed by atoms with Crippen molar-refractivity contribution in [1.82, 2.24) is 9.88 Å². The van der Waals surface area contributed by atoms with Crippen LogP contribution in [0.3, 0.4) is 0 Å². The lowest BCUT2D eigenvalue weighted by atomic mass is 9.88. The largest absolute Gasteiger partial charge is 0.493 e. The van der Waals surface area contributed by atoms with E-state index in [4.69, 9.17) is 9.47 Å². The molecule has 1 aliphatic rings. The van der Waals surface area contributed by atoms with Gasteiger partial charge >= 0.3 is 0 Å². The third kappa shape index (κ3) is 3.93. The second-order valence-electron chi connectivity index (χ2n) is 8.19. The van der Waals surface area contributed by atoms with Crippen molar-refractivity contribution in [3.8, 4) is 22.8 Å². The second-order valence-corrected chi connectivity index (χ2v) is 8.19. The van der Waals surface area contributed by atoms with E-state index in [1.165, 1.54) is 53.7 Å². The first-order chi connectivity index (χ1) is 14.7. The molecule has 0 atom stereocenters. The number of rotatable bonds is 7. The van der Waals surface area contributed by atoms with E-state index in [-0.39, 0.29) is 0 Å². The van der Waals surface area contributed by atoms with Gasteiger partial charge in [0.15, 0.2) is 11.5 Å². The number of nitrogens with one attached hydrogen (secondary N) is 1. The minimum absolute atomic E-state index is 0.659. The molecule has 4 heteroatoms. The molecule has 2 aromatic carbocycles. The molecule has 1 aromatic heterocycles. The number of fused-ring (bicyclic) bond motifs is 1. The number of piperidine rings is 1. The number of likely N-dealkylation sites (tertiary alicyclic amines) is 1. The summed E-state index contributed by atoms with van der Waals surface area (Å²) in [7, 11) is 3.36. The third-order valence-electron chi connectivity index (χ3n) is 6.46. The Labute approximate surface area is 180 Å². The molecule has 1 fully saturated rings. The van der Waals surface area contributed by atoms with Crippen LogP contribution in [0.1, 0.15) is 43.7 Å². The van der Waals surface area contributed by atoms with E-state index in [0.29, 0.717) is 5.92 Å². The molecule has 0 aliphatic carbocycles. The SMILES string of the molecule is C[CH]CN1CCC(c2ccc3[nH]c(-c4ccc(OC)c(OC)c4)c(CC)c3c2)CC1. The van der Waals surface area contributed by atoms with E-state index in [2.05, 4.69) is 60.5 Å². The number of H-pyrrole nitrogens is 1. The number of hydrogen-bond acceptors (Lipinski definition) is 3. The van der Waals surface area contributed by atoms with E-state index in [0.717, 1.165) is 30.0 Å². The highest BCUT2D eigenvalue weighted by Gasteiger charge is 2.21. The van der Waals surface area contributed by atoms with Gasteiger partial charge in [-0.05, 0) is 86.1 Å². The number of hydrogen-bond donors (Lipinski definition) is 1. The van der Waals surface area contributed by atoms with E-state index in [9.17, 15) is 0 Å². The van der Waals surface area contributed by atoms with Gasteiger partial charge in [0, 0.05) is 28.7 Å². The predicted octanol–water partition coefficient (Wildman–Crippen LogP) is 5.82. The average Bonchev–Trinajstić information content (AvgIpc) is 3.17. The first-order valence-electron chi connectivity index (χ1n) is 11.1. The van der Waals surface area contributed by atoms with E-state index in [1.54, 1.807) is 14.2 Å². The molecule has 3 aromatic rings. The van der Waals surface area contributed by atoms with Gasteiger partial charge in [0.2, 0.25) is 0 Å². The van der Waals surface area contributed by atoms with Crippen molar-refractivity contribution in [2.75, 3.05) is 33.9 Å². The smallest absolute Gasteiger partial charge is 0.161 e. The molecular weight excluding hydrogens is 372 g/mol. The van der Waals surface area contributed by atoms with Crippen molar-refractivity contribution in [2.45, 2.75) is 39.0 Å². The summed E-state index contributed by atoms with van der Waals surface area (Å²) in [5.41, 5.74) is 6.37. The van der Waals surface area contributed by atoms with Gasteiger partial charge in [0.1, 0.15) is 0 Å². The van der Waals surface area contributed by atoms with Crippen LogP contribution in [-0.2, 0) is 6.42 Å². The van der Waals surface area contributed by atoms with Crippen molar-refractivity contribution in [2.24, 2.45) is 0 Å². The van der Waals surface area contributed by atoms with Crippen LogP contribution in [0, 0.1) is 6.42 Å². The minimum Gasteiger partial charge on any atom is -0.493 e. The van der Waals surface area contributed by atoms with Crippen molar-refractivity contribution >= 4 is 10.9 Å². The van der Waals surface area contributed by atoms with Gasteiger partial charge in [-0.3, -0.25) is 0 Å². The summed E-state index contributed by atoms with van der Waals surface area (Å²) in [6, 6.07) is 13.2. The minimum atomic E-state index is 0.659. The number of nitrogens with zero attached hydrogens (tertiary/aromatic N) is 1. The lowest BCUT2D eigenvalue weighted by Gasteiger charge is -2.31. The summed E-state index contributed by atoms with van der Waals surface area (Å²) >= 11 is 0. The van der Waals surface area contributed by atoms with Gasteiger partial charge in [-0.25, -0.2) is 0 Å². The number of benzene rings is 2. The van der Waals surface area contributed by atoms with Crippen LogP contribution >= 0.6 is 0 Å². The molecule has 30 heavy (non-hydrogen) atoms. The number of aromatic nitrogens is 1. The number of aryl methyl sites for hydroxylation is 1. The first-order valence-corrected chi connectivity index (χ1v) is 11.1. The lowest BCUT2D eigenvalue weighted by molar-refractivity contribution is 0.227. The van der Waals surface area contributed by atoms with Crippen LogP contribution in [0.25, 0.3) is 22.2 Å². The number of methoxy groups -OCH3 is 2. The molecule has 2 heterocycles. The lowest BCUT2D eigenvalue weighted by Crippen LogP contribution is -2.33. The van der Waals surface area contributed by atoms with Gasteiger partial charge in [-0.1, -0.05) is 19.9 Å². The van der Waals surface area contributed by atoms with Crippen LogP contribution in [0.15, 0.2) is 36.4 Å². The number of aromatic amines is 1. The summed E-state index contributed by atoms with van der Waals surface area (Å²) in [5, 5.41) is 1.35. The Hall–Kier alpha value is -2.46. The quantitative estimate of drug-likeness (QED) is 0.538. The molecule has 159 valence electrons. The zero-order chi connectivity index (χ0) is 21.1. The Morgan fingerprint density at radius 1 is 1.03 bits per heavy atom. The van der Waals surface area contributed by atoms with Crippen molar-refractivity contribution in [3.63, 3.8) is 0 Å². The molecule has 1 radical (unpaired) electrons.